The van der Waals surface area contributed by atoms with Crippen LogP contribution in [0.25, 0.3) is 0 Å². The Kier molecular flexibility index (Phi) is 3.92. The summed E-state index contributed by atoms with van der Waals surface area (Å²) in [6.07, 6.45) is 5.56. The predicted molar refractivity (Wildman–Crippen MR) is 89.7 cm³/mol. The van der Waals surface area contributed by atoms with Gasteiger partial charge in [0, 0.05) is 25.5 Å². The SMILES string of the molecule is Cc1ncc(C(=O)N2C[C@H]3CC(Oc4ccccc4)C[C@H]3C2)cn1. The molecule has 1 unspecified atom stereocenters. The van der Waals surface area contributed by atoms with Gasteiger partial charge in [-0.25, -0.2) is 9.97 Å². The lowest BCUT2D eigenvalue weighted by Gasteiger charge is -2.20. The van der Waals surface area contributed by atoms with E-state index in [0.717, 1.165) is 31.7 Å². The Morgan fingerprint density at radius 1 is 1.08 bits per heavy atom. The first-order valence-corrected chi connectivity index (χ1v) is 8.48. The van der Waals surface area contributed by atoms with Crippen LogP contribution in [0.5, 0.6) is 5.75 Å². The third kappa shape index (κ3) is 2.98. The third-order valence-corrected chi connectivity index (χ3v) is 5.07. The van der Waals surface area contributed by atoms with E-state index in [4.69, 9.17) is 4.74 Å². The maximum atomic E-state index is 12.6. The predicted octanol–water partition coefficient (Wildman–Crippen LogP) is 2.71. The minimum absolute atomic E-state index is 0.0462. The smallest absolute Gasteiger partial charge is 0.257 e. The largest absolute Gasteiger partial charge is 0.490 e. The molecule has 2 fully saturated rings. The van der Waals surface area contributed by atoms with Crippen molar-refractivity contribution in [2.24, 2.45) is 11.8 Å². The number of hydrogen-bond acceptors (Lipinski definition) is 4. The average molecular weight is 323 g/mol. The standard InChI is InChI=1S/C19H21N3O2/c1-13-20-9-16(10-21-13)19(23)22-11-14-7-18(8-15(14)12-22)24-17-5-3-2-4-6-17/h2-6,9-10,14-15,18H,7-8,11-12H2,1H3/t14-,15+,18?. The average Bonchev–Trinajstić information content (AvgIpc) is 3.14. The first-order valence-electron chi connectivity index (χ1n) is 8.48. The number of aromatic nitrogens is 2. The molecule has 3 atom stereocenters. The summed E-state index contributed by atoms with van der Waals surface area (Å²) < 4.78 is 6.08. The number of fused-ring (bicyclic) bond motifs is 1. The first-order chi connectivity index (χ1) is 11.7. The van der Waals surface area contributed by atoms with Crippen LogP contribution in [0.2, 0.25) is 0 Å². The fourth-order valence-corrected chi connectivity index (χ4v) is 3.88. The molecular weight excluding hydrogens is 302 g/mol. The Morgan fingerprint density at radius 2 is 1.71 bits per heavy atom. The van der Waals surface area contributed by atoms with E-state index in [9.17, 15) is 4.79 Å². The van der Waals surface area contributed by atoms with Gasteiger partial charge in [-0.2, -0.15) is 0 Å². The van der Waals surface area contributed by atoms with E-state index < -0.39 is 0 Å². The second-order valence-corrected chi connectivity index (χ2v) is 6.77. The molecule has 1 saturated carbocycles. The number of nitrogens with zero attached hydrogens (tertiary/aromatic N) is 3. The minimum atomic E-state index is 0.0462. The van der Waals surface area contributed by atoms with Gasteiger partial charge in [0.2, 0.25) is 0 Å². The molecule has 1 aromatic heterocycles. The molecule has 4 rings (SSSR count). The zero-order chi connectivity index (χ0) is 16.5. The van der Waals surface area contributed by atoms with E-state index >= 15 is 0 Å². The molecule has 5 nitrogen and oxygen atoms in total. The molecular formula is C19H21N3O2. The van der Waals surface area contributed by atoms with Gasteiger partial charge in [0.1, 0.15) is 11.6 Å². The van der Waals surface area contributed by atoms with Crippen LogP contribution < -0.4 is 4.74 Å². The van der Waals surface area contributed by atoms with Crippen LogP contribution in [0.3, 0.4) is 0 Å². The number of para-hydroxylation sites is 1. The number of aryl methyl sites for hydroxylation is 1. The quantitative estimate of drug-likeness (QED) is 0.871. The van der Waals surface area contributed by atoms with Crippen LogP contribution >= 0.6 is 0 Å². The van der Waals surface area contributed by atoms with Crippen molar-refractivity contribution < 1.29 is 9.53 Å². The molecule has 2 aromatic rings. The summed E-state index contributed by atoms with van der Waals surface area (Å²) in [5, 5.41) is 0. The Labute approximate surface area is 141 Å². The second-order valence-electron chi connectivity index (χ2n) is 6.77. The van der Waals surface area contributed by atoms with Gasteiger partial charge in [0.15, 0.2) is 0 Å². The number of rotatable bonds is 3. The highest BCUT2D eigenvalue weighted by Crippen LogP contribution is 2.40. The second kappa shape index (κ2) is 6.23. The van der Waals surface area contributed by atoms with Gasteiger partial charge >= 0.3 is 0 Å². The molecule has 0 radical (unpaired) electrons. The van der Waals surface area contributed by atoms with E-state index in [1.807, 2.05) is 42.2 Å². The zero-order valence-corrected chi connectivity index (χ0v) is 13.8. The first kappa shape index (κ1) is 15.1. The monoisotopic (exact) mass is 323 g/mol. The lowest BCUT2D eigenvalue weighted by Crippen LogP contribution is -2.31. The maximum Gasteiger partial charge on any atom is 0.257 e. The van der Waals surface area contributed by atoms with Crippen molar-refractivity contribution in [1.82, 2.24) is 14.9 Å². The third-order valence-electron chi connectivity index (χ3n) is 5.07. The molecule has 124 valence electrons. The van der Waals surface area contributed by atoms with Gasteiger partial charge in [-0.3, -0.25) is 4.79 Å². The number of hydrogen-bond donors (Lipinski definition) is 0. The van der Waals surface area contributed by atoms with Crippen molar-refractivity contribution in [1.29, 1.82) is 0 Å². The highest BCUT2D eigenvalue weighted by molar-refractivity contribution is 5.93. The van der Waals surface area contributed by atoms with Crippen LogP contribution in [-0.4, -0.2) is 40.0 Å². The summed E-state index contributed by atoms with van der Waals surface area (Å²) in [6, 6.07) is 9.99. The molecule has 1 aromatic carbocycles. The molecule has 5 heteroatoms. The van der Waals surface area contributed by atoms with Crippen molar-refractivity contribution >= 4 is 5.91 Å². The summed E-state index contributed by atoms with van der Waals surface area (Å²) in [5.74, 6) is 2.74. The maximum absolute atomic E-state index is 12.6. The summed E-state index contributed by atoms with van der Waals surface area (Å²) >= 11 is 0. The Balaban J connectivity index is 1.36. The Bertz CT molecular complexity index is 703. The lowest BCUT2D eigenvalue weighted by atomic mass is 10.0. The van der Waals surface area contributed by atoms with E-state index in [0.29, 0.717) is 23.2 Å². The molecule has 0 bridgehead atoms. The van der Waals surface area contributed by atoms with Gasteiger partial charge < -0.3 is 9.64 Å². The summed E-state index contributed by atoms with van der Waals surface area (Å²) in [7, 11) is 0. The van der Waals surface area contributed by atoms with Crippen LogP contribution in [0.15, 0.2) is 42.7 Å². The molecule has 1 aliphatic carbocycles. The molecule has 0 spiro atoms. The molecule has 2 aliphatic rings. The van der Waals surface area contributed by atoms with Crippen molar-refractivity contribution in [3.8, 4) is 5.75 Å². The summed E-state index contributed by atoms with van der Waals surface area (Å²) in [6.45, 7) is 3.44. The van der Waals surface area contributed by atoms with Crippen molar-refractivity contribution in [3.05, 3.63) is 54.1 Å². The molecule has 24 heavy (non-hydrogen) atoms. The van der Waals surface area contributed by atoms with E-state index in [1.165, 1.54) is 0 Å². The van der Waals surface area contributed by atoms with Crippen LogP contribution in [0, 0.1) is 18.8 Å². The van der Waals surface area contributed by atoms with Gasteiger partial charge in [-0.15, -0.1) is 0 Å². The highest BCUT2D eigenvalue weighted by atomic mass is 16.5. The molecule has 2 heterocycles. The van der Waals surface area contributed by atoms with Crippen LogP contribution in [-0.2, 0) is 0 Å². The van der Waals surface area contributed by atoms with Gasteiger partial charge in [0.25, 0.3) is 5.91 Å². The lowest BCUT2D eigenvalue weighted by molar-refractivity contribution is 0.0769. The number of amides is 1. The Hall–Kier alpha value is -2.43. The van der Waals surface area contributed by atoms with Crippen LogP contribution in [0.1, 0.15) is 29.0 Å². The highest BCUT2D eigenvalue weighted by Gasteiger charge is 2.43. The van der Waals surface area contributed by atoms with Gasteiger partial charge in [0.05, 0.1) is 11.7 Å². The fraction of sp³-hybridized carbons (Fsp3) is 0.421. The summed E-state index contributed by atoms with van der Waals surface area (Å²) in [5.41, 5.74) is 0.581. The molecule has 1 aliphatic heterocycles. The number of likely N-dealkylation sites (tertiary alicyclic amines) is 1. The van der Waals surface area contributed by atoms with E-state index in [-0.39, 0.29) is 12.0 Å². The number of carbonyl (C=O) groups excluding carboxylic acids is 1. The number of ether oxygens (including phenoxy) is 1. The van der Waals surface area contributed by atoms with Crippen LogP contribution in [0.4, 0.5) is 0 Å². The Morgan fingerprint density at radius 3 is 2.33 bits per heavy atom. The van der Waals surface area contributed by atoms with Crippen molar-refractivity contribution in [2.75, 3.05) is 13.1 Å². The fourth-order valence-electron chi connectivity index (χ4n) is 3.88. The number of benzene rings is 1. The van der Waals surface area contributed by atoms with Gasteiger partial charge in [-0.1, -0.05) is 18.2 Å². The number of carbonyl (C=O) groups is 1. The summed E-state index contributed by atoms with van der Waals surface area (Å²) in [4.78, 5) is 22.8. The van der Waals surface area contributed by atoms with E-state index in [1.54, 1.807) is 12.4 Å². The molecule has 0 N–H and O–H groups in total. The molecule has 1 amide bonds. The topological polar surface area (TPSA) is 55.3 Å². The van der Waals surface area contributed by atoms with E-state index in [2.05, 4.69) is 9.97 Å². The normalized spacial score (nSPS) is 25.5. The minimum Gasteiger partial charge on any atom is -0.490 e. The van der Waals surface area contributed by atoms with Gasteiger partial charge in [-0.05, 0) is 43.7 Å². The molecule has 1 saturated heterocycles. The zero-order valence-electron chi connectivity index (χ0n) is 13.8. The van der Waals surface area contributed by atoms with Crippen molar-refractivity contribution in [3.63, 3.8) is 0 Å². The van der Waals surface area contributed by atoms with Crippen molar-refractivity contribution in [2.45, 2.75) is 25.9 Å².